The molecule has 0 saturated heterocycles. The third-order valence-corrected chi connectivity index (χ3v) is 4.64. The minimum Gasteiger partial charge on any atom is -0.494 e. The maximum atomic E-state index is 12.0. The van der Waals surface area contributed by atoms with Crippen molar-refractivity contribution in [1.29, 1.82) is 0 Å². The molecule has 1 aromatic rings. The summed E-state index contributed by atoms with van der Waals surface area (Å²) in [5, 5.41) is 2.79. The predicted octanol–water partition coefficient (Wildman–Crippen LogP) is 1.78. The van der Waals surface area contributed by atoms with Gasteiger partial charge in [0.15, 0.2) is 0 Å². The zero-order valence-corrected chi connectivity index (χ0v) is 16.0. The zero-order valence-electron chi connectivity index (χ0n) is 15.2. The Bertz CT molecular complexity index is 616. The minimum absolute atomic E-state index is 0.0868. The Hall–Kier alpha value is -1.80. The third kappa shape index (κ3) is 8.22. The van der Waals surface area contributed by atoms with Crippen molar-refractivity contribution < 1.29 is 22.7 Å². The number of nitrogens with one attached hydrogen (secondary N) is 1. The summed E-state index contributed by atoms with van der Waals surface area (Å²) in [6, 6.07) is 6.88. The fraction of sp³-hybridized carbons (Fsp3) is 0.588. The molecule has 0 aliphatic carbocycles. The van der Waals surface area contributed by atoms with Crippen LogP contribution in [0.3, 0.4) is 0 Å². The largest absolute Gasteiger partial charge is 0.494 e. The van der Waals surface area contributed by atoms with E-state index < -0.39 is 10.0 Å². The molecule has 1 aromatic carbocycles. The van der Waals surface area contributed by atoms with Gasteiger partial charge < -0.3 is 14.8 Å². The topological polar surface area (TPSA) is 84.9 Å². The smallest absolute Gasteiger partial charge is 0.232 e. The molecule has 7 nitrogen and oxygen atoms in total. The Morgan fingerprint density at radius 1 is 1.20 bits per heavy atom. The lowest BCUT2D eigenvalue weighted by Crippen LogP contribution is -2.32. The van der Waals surface area contributed by atoms with Crippen molar-refractivity contribution in [2.45, 2.75) is 26.2 Å². The lowest BCUT2D eigenvalue weighted by atomic mass is 10.2. The second-order valence-corrected chi connectivity index (χ2v) is 7.47. The first kappa shape index (κ1) is 21.2. The van der Waals surface area contributed by atoms with E-state index in [0.717, 1.165) is 12.7 Å². The van der Waals surface area contributed by atoms with E-state index in [0.29, 0.717) is 37.6 Å². The number of methoxy groups -OCH3 is 1. The number of nitrogens with zero attached hydrogens (tertiary/aromatic N) is 1. The molecule has 8 heteroatoms. The van der Waals surface area contributed by atoms with Gasteiger partial charge in [0.05, 0.1) is 18.6 Å². The summed E-state index contributed by atoms with van der Waals surface area (Å²) >= 11 is 0. The number of rotatable bonds is 12. The highest BCUT2D eigenvalue weighted by atomic mass is 32.2. The van der Waals surface area contributed by atoms with Gasteiger partial charge in [-0.25, -0.2) is 8.42 Å². The Kier molecular flexibility index (Phi) is 9.30. The van der Waals surface area contributed by atoms with Crippen LogP contribution in [0.4, 0.5) is 5.69 Å². The number of carbonyl (C=O) groups is 1. The minimum atomic E-state index is -3.42. The third-order valence-electron chi connectivity index (χ3n) is 3.45. The van der Waals surface area contributed by atoms with Gasteiger partial charge in [-0.1, -0.05) is 0 Å². The van der Waals surface area contributed by atoms with Gasteiger partial charge in [0.25, 0.3) is 0 Å². The van der Waals surface area contributed by atoms with Crippen LogP contribution in [0.15, 0.2) is 24.3 Å². The first-order valence-electron chi connectivity index (χ1n) is 8.34. The summed E-state index contributed by atoms with van der Waals surface area (Å²) in [4.78, 5) is 11.8. The van der Waals surface area contributed by atoms with Crippen molar-refractivity contribution in [3.8, 4) is 5.75 Å². The van der Waals surface area contributed by atoms with E-state index in [2.05, 4.69) is 5.32 Å². The quantitative estimate of drug-likeness (QED) is 0.566. The molecule has 0 atom stereocenters. The molecule has 0 aliphatic rings. The monoisotopic (exact) mass is 372 g/mol. The highest BCUT2D eigenvalue weighted by molar-refractivity contribution is 7.92. The summed E-state index contributed by atoms with van der Waals surface area (Å²) in [7, 11) is -1.81. The Labute approximate surface area is 150 Å². The standard InChI is InChI=1S/C17H28N2O5S/c1-4-24-16-10-8-15(9-11-16)19(25(3,21)22)13-5-7-17(20)18-12-6-14-23-2/h8-11H,4-7,12-14H2,1-3H3,(H,18,20). The van der Waals surface area contributed by atoms with Gasteiger partial charge >= 0.3 is 0 Å². The molecule has 1 amide bonds. The van der Waals surface area contributed by atoms with Crippen LogP contribution >= 0.6 is 0 Å². The lowest BCUT2D eigenvalue weighted by molar-refractivity contribution is -0.121. The van der Waals surface area contributed by atoms with E-state index in [9.17, 15) is 13.2 Å². The summed E-state index contributed by atoms with van der Waals surface area (Å²) in [6.07, 6.45) is 2.63. The molecule has 0 unspecified atom stereocenters. The van der Waals surface area contributed by atoms with Crippen LogP contribution in [0.25, 0.3) is 0 Å². The molecular formula is C17H28N2O5S. The number of anilines is 1. The fourth-order valence-electron chi connectivity index (χ4n) is 2.28. The molecule has 1 N–H and O–H groups in total. The number of ether oxygens (including phenoxy) is 2. The Morgan fingerprint density at radius 2 is 1.88 bits per heavy atom. The first-order chi connectivity index (χ1) is 11.9. The first-order valence-corrected chi connectivity index (χ1v) is 10.2. The lowest BCUT2D eigenvalue weighted by Gasteiger charge is -2.22. The fourth-order valence-corrected chi connectivity index (χ4v) is 3.24. The van der Waals surface area contributed by atoms with E-state index >= 15 is 0 Å². The van der Waals surface area contributed by atoms with Crippen molar-refractivity contribution >= 4 is 21.6 Å². The van der Waals surface area contributed by atoms with Gasteiger partial charge in [-0.05, 0) is 44.0 Å². The molecule has 0 radical (unpaired) electrons. The predicted molar refractivity (Wildman–Crippen MR) is 98.5 cm³/mol. The molecule has 25 heavy (non-hydrogen) atoms. The van der Waals surface area contributed by atoms with Crippen LogP contribution in [0.1, 0.15) is 26.2 Å². The molecule has 0 saturated carbocycles. The van der Waals surface area contributed by atoms with Gasteiger partial charge in [-0.3, -0.25) is 9.10 Å². The van der Waals surface area contributed by atoms with Crippen LogP contribution in [-0.4, -0.2) is 54.0 Å². The molecule has 0 aromatic heterocycles. The van der Waals surface area contributed by atoms with Crippen LogP contribution < -0.4 is 14.4 Å². The van der Waals surface area contributed by atoms with Crippen molar-refractivity contribution in [2.75, 3.05) is 44.0 Å². The molecular weight excluding hydrogens is 344 g/mol. The van der Waals surface area contributed by atoms with E-state index in [-0.39, 0.29) is 18.9 Å². The normalized spacial score (nSPS) is 11.2. The van der Waals surface area contributed by atoms with Crippen molar-refractivity contribution in [3.05, 3.63) is 24.3 Å². The van der Waals surface area contributed by atoms with E-state index in [1.807, 2.05) is 6.92 Å². The molecule has 0 bridgehead atoms. The highest BCUT2D eigenvalue weighted by Gasteiger charge is 2.17. The van der Waals surface area contributed by atoms with E-state index in [1.165, 1.54) is 4.31 Å². The van der Waals surface area contributed by atoms with Crippen molar-refractivity contribution in [1.82, 2.24) is 5.32 Å². The van der Waals surface area contributed by atoms with Crippen molar-refractivity contribution in [3.63, 3.8) is 0 Å². The second-order valence-electron chi connectivity index (χ2n) is 5.56. The maximum absolute atomic E-state index is 12.0. The number of sulfonamides is 1. The SMILES string of the molecule is CCOc1ccc(N(CCCC(=O)NCCCOC)S(C)(=O)=O)cc1. The molecule has 142 valence electrons. The highest BCUT2D eigenvalue weighted by Crippen LogP contribution is 2.22. The molecule has 0 aliphatic heterocycles. The molecule has 0 heterocycles. The average Bonchev–Trinajstić information content (AvgIpc) is 2.56. The Balaban J connectivity index is 2.56. The summed E-state index contributed by atoms with van der Waals surface area (Å²) < 4.78 is 35.7. The number of amides is 1. The summed E-state index contributed by atoms with van der Waals surface area (Å²) in [5.74, 6) is 0.603. The maximum Gasteiger partial charge on any atom is 0.232 e. The van der Waals surface area contributed by atoms with Crippen LogP contribution in [0.5, 0.6) is 5.75 Å². The number of hydrogen-bond acceptors (Lipinski definition) is 5. The van der Waals surface area contributed by atoms with E-state index in [4.69, 9.17) is 9.47 Å². The Morgan fingerprint density at radius 3 is 2.44 bits per heavy atom. The molecule has 1 rings (SSSR count). The van der Waals surface area contributed by atoms with Gasteiger partial charge in [0, 0.05) is 33.2 Å². The van der Waals surface area contributed by atoms with Gasteiger partial charge in [0.2, 0.25) is 15.9 Å². The summed E-state index contributed by atoms with van der Waals surface area (Å²) in [6.45, 7) is 3.84. The average molecular weight is 372 g/mol. The van der Waals surface area contributed by atoms with Crippen LogP contribution in [0, 0.1) is 0 Å². The van der Waals surface area contributed by atoms with E-state index in [1.54, 1.807) is 31.4 Å². The number of benzene rings is 1. The second kappa shape index (κ2) is 10.9. The number of carbonyl (C=O) groups excluding carboxylic acids is 1. The molecule has 0 fully saturated rings. The number of hydrogen-bond donors (Lipinski definition) is 1. The zero-order chi connectivity index (χ0) is 18.7. The van der Waals surface area contributed by atoms with Gasteiger partial charge in [-0.2, -0.15) is 0 Å². The van der Waals surface area contributed by atoms with Gasteiger partial charge in [-0.15, -0.1) is 0 Å². The summed E-state index contributed by atoms with van der Waals surface area (Å²) in [5.41, 5.74) is 0.562. The van der Waals surface area contributed by atoms with Gasteiger partial charge in [0.1, 0.15) is 5.75 Å². The van der Waals surface area contributed by atoms with Crippen LogP contribution in [-0.2, 0) is 19.6 Å². The van der Waals surface area contributed by atoms with Crippen LogP contribution in [0.2, 0.25) is 0 Å². The molecule has 0 spiro atoms. The van der Waals surface area contributed by atoms with Crippen molar-refractivity contribution in [2.24, 2.45) is 0 Å².